The van der Waals surface area contributed by atoms with E-state index in [9.17, 15) is 4.79 Å². The molecule has 0 bridgehead atoms. The number of hydrogen-bond donors (Lipinski definition) is 3. The van der Waals surface area contributed by atoms with E-state index in [1.54, 1.807) is 0 Å². The lowest BCUT2D eigenvalue weighted by molar-refractivity contribution is -0.145. The summed E-state index contributed by atoms with van der Waals surface area (Å²) in [5.41, 5.74) is 16.3. The summed E-state index contributed by atoms with van der Waals surface area (Å²) < 4.78 is 4.99. The van der Waals surface area contributed by atoms with Gasteiger partial charge in [-0.05, 0) is 38.8 Å². The molecule has 0 aromatic carbocycles. The highest BCUT2D eigenvalue weighted by molar-refractivity contribution is 5.75. The van der Waals surface area contributed by atoms with Gasteiger partial charge < -0.3 is 21.9 Å². The van der Waals surface area contributed by atoms with Crippen LogP contribution in [-0.2, 0) is 9.53 Å². The number of nitrogens with two attached hydrogens (primary N) is 3. The van der Waals surface area contributed by atoms with Gasteiger partial charge >= 0.3 is 5.97 Å². The van der Waals surface area contributed by atoms with Crippen molar-refractivity contribution in [3.8, 4) is 0 Å². The highest BCUT2D eigenvalue weighted by Gasteiger charge is 2.13. The van der Waals surface area contributed by atoms with Crippen LogP contribution in [0.15, 0.2) is 0 Å². The Balaban J connectivity index is 3.42. The zero-order chi connectivity index (χ0) is 11.5. The van der Waals surface area contributed by atoms with Gasteiger partial charge in [-0.15, -0.1) is 0 Å². The van der Waals surface area contributed by atoms with Gasteiger partial charge in [-0.2, -0.15) is 0 Å². The Morgan fingerprint density at radius 2 is 1.67 bits per heavy atom. The maximum atomic E-state index is 11.3. The molecule has 0 aromatic heterocycles. The Kier molecular flexibility index (Phi) is 9.46. The molecule has 0 radical (unpaired) electrons. The predicted octanol–water partition coefficient (Wildman–Crippen LogP) is -0.275. The van der Waals surface area contributed by atoms with Crippen molar-refractivity contribution in [3.63, 3.8) is 0 Å². The fourth-order valence-electron chi connectivity index (χ4n) is 1.15. The molecule has 0 rings (SSSR count). The molecule has 0 heterocycles. The number of esters is 1. The number of unbranched alkanes of at least 4 members (excludes halogenated alkanes) is 2. The van der Waals surface area contributed by atoms with E-state index in [0.29, 0.717) is 26.1 Å². The molecule has 0 aliphatic heterocycles. The van der Waals surface area contributed by atoms with E-state index in [1.165, 1.54) is 0 Å². The maximum Gasteiger partial charge on any atom is 0.322 e. The molecule has 0 amide bonds. The van der Waals surface area contributed by atoms with Crippen LogP contribution in [0.2, 0.25) is 0 Å². The Bertz CT molecular complexity index is 165. The van der Waals surface area contributed by atoms with Crippen molar-refractivity contribution in [3.05, 3.63) is 0 Å². The molecule has 1 atom stereocenters. The summed E-state index contributed by atoms with van der Waals surface area (Å²) in [5.74, 6) is -0.316. The first-order valence-electron chi connectivity index (χ1n) is 5.54. The van der Waals surface area contributed by atoms with Crippen LogP contribution in [0.1, 0.15) is 32.1 Å². The standard InChI is InChI=1S/C10H23N3O2/c11-6-2-1-5-9(13)10(14)15-8-4-3-7-12/h9H,1-8,11-13H2/t9-/m0/s1. The van der Waals surface area contributed by atoms with Crippen LogP contribution in [-0.4, -0.2) is 31.7 Å². The third kappa shape index (κ3) is 8.35. The second-order valence-corrected chi connectivity index (χ2v) is 3.55. The van der Waals surface area contributed by atoms with E-state index in [0.717, 1.165) is 25.7 Å². The first-order valence-corrected chi connectivity index (χ1v) is 5.54. The van der Waals surface area contributed by atoms with Gasteiger partial charge in [-0.1, -0.05) is 6.42 Å². The van der Waals surface area contributed by atoms with Gasteiger partial charge in [-0.3, -0.25) is 4.79 Å². The maximum absolute atomic E-state index is 11.3. The zero-order valence-corrected chi connectivity index (χ0v) is 9.28. The van der Waals surface area contributed by atoms with Crippen LogP contribution in [0, 0.1) is 0 Å². The van der Waals surface area contributed by atoms with Crippen molar-refractivity contribution >= 4 is 5.97 Å². The van der Waals surface area contributed by atoms with Crippen molar-refractivity contribution < 1.29 is 9.53 Å². The van der Waals surface area contributed by atoms with Crippen LogP contribution >= 0.6 is 0 Å². The average molecular weight is 217 g/mol. The molecule has 15 heavy (non-hydrogen) atoms. The molecular formula is C10H23N3O2. The van der Waals surface area contributed by atoms with Crippen molar-refractivity contribution in [1.29, 1.82) is 0 Å². The van der Waals surface area contributed by atoms with Crippen LogP contribution in [0.25, 0.3) is 0 Å². The molecule has 0 spiro atoms. The largest absolute Gasteiger partial charge is 0.465 e. The summed E-state index contributed by atoms with van der Waals surface area (Å²) in [4.78, 5) is 11.3. The molecule has 0 saturated heterocycles. The number of carbonyl (C=O) groups is 1. The summed E-state index contributed by atoms with van der Waals surface area (Å²) in [6.45, 7) is 1.68. The Labute approximate surface area is 91.3 Å². The molecule has 0 aliphatic rings. The predicted molar refractivity (Wildman–Crippen MR) is 60.1 cm³/mol. The van der Waals surface area contributed by atoms with Gasteiger partial charge in [0.15, 0.2) is 0 Å². The second kappa shape index (κ2) is 9.89. The monoisotopic (exact) mass is 217 g/mol. The number of hydrogen-bond acceptors (Lipinski definition) is 5. The Morgan fingerprint density at radius 1 is 1.07 bits per heavy atom. The van der Waals surface area contributed by atoms with Gasteiger partial charge in [-0.25, -0.2) is 0 Å². The molecule has 90 valence electrons. The minimum Gasteiger partial charge on any atom is -0.465 e. The van der Waals surface area contributed by atoms with Gasteiger partial charge in [0, 0.05) is 0 Å². The Morgan fingerprint density at radius 3 is 2.27 bits per heavy atom. The second-order valence-electron chi connectivity index (χ2n) is 3.55. The molecular weight excluding hydrogens is 194 g/mol. The first kappa shape index (κ1) is 14.3. The lowest BCUT2D eigenvalue weighted by Gasteiger charge is -2.10. The van der Waals surface area contributed by atoms with E-state index < -0.39 is 6.04 Å². The summed E-state index contributed by atoms with van der Waals surface area (Å²) in [5, 5.41) is 0. The van der Waals surface area contributed by atoms with E-state index in [1.807, 2.05) is 0 Å². The Hall–Kier alpha value is -0.650. The van der Waals surface area contributed by atoms with Crippen LogP contribution in [0.4, 0.5) is 0 Å². The third-order valence-corrected chi connectivity index (χ3v) is 2.11. The first-order chi connectivity index (χ1) is 7.22. The van der Waals surface area contributed by atoms with Crippen molar-refractivity contribution in [1.82, 2.24) is 0 Å². The normalized spacial score (nSPS) is 12.5. The minimum atomic E-state index is -0.505. The third-order valence-electron chi connectivity index (χ3n) is 2.11. The summed E-state index contributed by atoms with van der Waals surface area (Å²) in [6.07, 6.45) is 4.09. The van der Waals surface area contributed by atoms with E-state index in [4.69, 9.17) is 21.9 Å². The molecule has 0 unspecified atom stereocenters. The van der Waals surface area contributed by atoms with Gasteiger partial charge in [0.2, 0.25) is 0 Å². The highest BCUT2D eigenvalue weighted by Crippen LogP contribution is 2.00. The summed E-state index contributed by atoms with van der Waals surface area (Å²) in [6, 6.07) is -0.505. The average Bonchev–Trinajstić information content (AvgIpc) is 2.24. The summed E-state index contributed by atoms with van der Waals surface area (Å²) in [7, 11) is 0. The van der Waals surface area contributed by atoms with Gasteiger partial charge in [0.1, 0.15) is 6.04 Å². The van der Waals surface area contributed by atoms with Gasteiger partial charge in [0.25, 0.3) is 0 Å². The van der Waals surface area contributed by atoms with E-state index in [2.05, 4.69) is 0 Å². The molecule has 5 nitrogen and oxygen atoms in total. The lowest BCUT2D eigenvalue weighted by Crippen LogP contribution is -2.32. The molecule has 0 aliphatic carbocycles. The van der Waals surface area contributed by atoms with Crippen LogP contribution in [0.3, 0.4) is 0 Å². The zero-order valence-electron chi connectivity index (χ0n) is 9.28. The fraction of sp³-hybridized carbons (Fsp3) is 0.900. The molecule has 5 heteroatoms. The summed E-state index contributed by atoms with van der Waals surface area (Å²) >= 11 is 0. The lowest BCUT2D eigenvalue weighted by atomic mass is 10.1. The van der Waals surface area contributed by atoms with Crippen LogP contribution in [0.5, 0.6) is 0 Å². The smallest absolute Gasteiger partial charge is 0.322 e. The quantitative estimate of drug-likeness (QED) is 0.364. The van der Waals surface area contributed by atoms with Crippen molar-refractivity contribution in [2.45, 2.75) is 38.1 Å². The van der Waals surface area contributed by atoms with Crippen molar-refractivity contribution in [2.75, 3.05) is 19.7 Å². The number of carbonyl (C=O) groups excluding carboxylic acids is 1. The molecule has 0 aromatic rings. The molecule has 0 saturated carbocycles. The number of ether oxygens (including phenoxy) is 1. The highest BCUT2D eigenvalue weighted by atomic mass is 16.5. The van der Waals surface area contributed by atoms with Crippen LogP contribution < -0.4 is 17.2 Å². The minimum absolute atomic E-state index is 0.316. The SMILES string of the molecule is NCCCCOC(=O)[C@@H](N)CCCCN. The number of rotatable bonds is 9. The van der Waals surface area contributed by atoms with Gasteiger partial charge in [0.05, 0.1) is 6.61 Å². The topological polar surface area (TPSA) is 104 Å². The molecule has 6 N–H and O–H groups in total. The van der Waals surface area contributed by atoms with E-state index >= 15 is 0 Å². The molecule has 0 fully saturated rings. The van der Waals surface area contributed by atoms with Crippen molar-refractivity contribution in [2.24, 2.45) is 17.2 Å². The fourth-order valence-corrected chi connectivity index (χ4v) is 1.15. The van der Waals surface area contributed by atoms with E-state index in [-0.39, 0.29) is 5.97 Å².